The Kier molecular flexibility index (Phi) is 6.97. The lowest BCUT2D eigenvalue weighted by molar-refractivity contribution is -0.138. The third-order valence-electron chi connectivity index (χ3n) is 3.45. The highest BCUT2D eigenvalue weighted by Crippen LogP contribution is 2.00. The minimum absolute atomic E-state index is 0.0749. The van der Waals surface area contributed by atoms with Crippen molar-refractivity contribution >= 4 is 11.8 Å². The van der Waals surface area contributed by atoms with E-state index in [4.69, 9.17) is 5.11 Å². The van der Waals surface area contributed by atoms with E-state index in [-0.39, 0.29) is 12.3 Å². The summed E-state index contributed by atoms with van der Waals surface area (Å²) in [6, 6.07) is 0. The van der Waals surface area contributed by atoms with Crippen LogP contribution in [0.3, 0.4) is 0 Å². The van der Waals surface area contributed by atoms with Gasteiger partial charge in [0.05, 0.1) is 13.1 Å². The molecule has 1 rings (SSSR count). The van der Waals surface area contributed by atoms with Crippen LogP contribution >= 0.6 is 0 Å². The second-order valence-corrected chi connectivity index (χ2v) is 5.08. The molecule has 1 aliphatic heterocycles. The van der Waals surface area contributed by atoms with Gasteiger partial charge in [-0.2, -0.15) is 0 Å². The highest BCUT2D eigenvalue weighted by Gasteiger charge is 2.17. The normalized spacial score (nSPS) is 20.5. The van der Waals surface area contributed by atoms with Crippen molar-refractivity contribution < 1.29 is 14.7 Å². The summed E-state index contributed by atoms with van der Waals surface area (Å²) < 4.78 is 0. The number of likely N-dealkylation sites (N-methyl/N-ethyl adjacent to an activating group) is 1. The van der Waals surface area contributed by atoms with E-state index in [1.165, 1.54) is 0 Å². The molecule has 1 saturated heterocycles. The Balaban J connectivity index is 2.60. The van der Waals surface area contributed by atoms with Crippen molar-refractivity contribution in [2.45, 2.75) is 13.8 Å². The lowest BCUT2D eigenvalue weighted by atomic mass is 10.3. The molecule has 6 nitrogen and oxygen atoms in total. The first-order chi connectivity index (χ1) is 9.01. The quantitative estimate of drug-likeness (QED) is 0.734. The summed E-state index contributed by atoms with van der Waals surface area (Å²) >= 11 is 0. The Hall–Kier alpha value is -0.980. The van der Waals surface area contributed by atoms with Gasteiger partial charge < -0.3 is 10.0 Å². The van der Waals surface area contributed by atoms with E-state index in [1.807, 2.05) is 4.90 Å². The maximum Gasteiger partial charge on any atom is 0.317 e. The van der Waals surface area contributed by atoms with Gasteiger partial charge in [-0.15, -0.1) is 0 Å². The highest BCUT2D eigenvalue weighted by molar-refractivity contribution is 5.77. The molecule has 0 spiro atoms. The standard InChI is InChI=1S/C13H25N3O3/c1-3-14-4-6-15(10-12(2)17)8-9-16(7-5-14)11-13(18)19/h3-11H2,1-2H3,(H,18,19). The van der Waals surface area contributed by atoms with Crippen molar-refractivity contribution in [1.82, 2.24) is 14.7 Å². The van der Waals surface area contributed by atoms with Gasteiger partial charge in [-0.05, 0) is 13.5 Å². The average molecular weight is 271 g/mol. The molecule has 0 bridgehead atoms. The van der Waals surface area contributed by atoms with Gasteiger partial charge in [-0.1, -0.05) is 6.92 Å². The third kappa shape index (κ3) is 6.66. The fraction of sp³-hybridized carbons (Fsp3) is 0.846. The number of Topliss-reactive ketones (excluding diaryl/α,β-unsaturated/α-hetero) is 1. The molecule has 110 valence electrons. The molecule has 0 aliphatic carbocycles. The zero-order valence-corrected chi connectivity index (χ0v) is 12.0. The molecule has 1 fully saturated rings. The summed E-state index contributed by atoms with van der Waals surface area (Å²) in [5, 5.41) is 8.91. The minimum Gasteiger partial charge on any atom is -0.480 e. The number of nitrogens with zero attached hydrogens (tertiary/aromatic N) is 3. The largest absolute Gasteiger partial charge is 0.480 e. The van der Waals surface area contributed by atoms with E-state index in [1.54, 1.807) is 6.92 Å². The summed E-state index contributed by atoms with van der Waals surface area (Å²) in [6.45, 7) is 10.1. The minimum atomic E-state index is -0.791. The number of carboxylic acid groups (broad SMARTS) is 1. The Bertz CT molecular complexity index is 282. The van der Waals surface area contributed by atoms with Gasteiger partial charge >= 0.3 is 5.97 Å². The Morgan fingerprint density at radius 1 is 0.895 bits per heavy atom. The molecular weight excluding hydrogens is 246 g/mol. The fourth-order valence-electron chi connectivity index (χ4n) is 2.32. The zero-order valence-electron chi connectivity index (χ0n) is 12.0. The predicted molar refractivity (Wildman–Crippen MR) is 73.3 cm³/mol. The molecule has 0 amide bonds. The number of carbonyl (C=O) groups excluding carboxylic acids is 1. The van der Waals surface area contributed by atoms with Crippen molar-refractivity contribution in [3.05, 3.63) is 0 Å². The van der Waals surface area contributed by atoms with Crippen LogP contribution in [0.25, 0.3) is 0 Å². The lowest BCUT2D eigenvalue weighted by Crippen LogP contribution is -2.40. The fourth-order valence-corrected chi connectivity index (χ4v) is 2.32. The van der Waals surface area contributed by atoms with Gasteiger partial charge in [0.25, 0.3) is 0 Å². The van der Waals surface area contributed by atoms with Crippen molar-refractivity contribution in [1.29, 1.82) is 0 Å². The predicted octanol–water partition coefficient (Wildman–Crippen LogP) is -0.400. The second-order valence-electron chi connectivity index (χ2n) is 5.08. The van der Waals surface area contributed by atoms with E-state index in [2.05, 4.69) is 16.7 Å². The molecular formula is C13H25N3O3. The van der Waals surface area contributed by atoms with E-state index < -0.39 is 5.97 Å². The Labute approximate surface area is 115 Å². The molecule has 0 aromatic carbocycles. The highest BCUT2D eigenvalue weighted by atomic mass is 16.4. The number of hydrogen-bond donors (Lipinski definition) is 1. The summed E-state index contributed by atoms with van der Waals surface area (Å²) in [6.07, 6.45) is 0. The smallest absolute Gasteiger partial charge is 0.317 e. The van der Waals surface area contributed by atoms with Crippen LogP contribution in [0.4, 0.5) is 0 Å². The van der Waals surface area contributed by atoms with Crippen LogP contribution in [0.5, 0.6) is 0 Å². The first kappa shape index (κ1) is 16.1. The van der Waals surface area contributed by atoms with Crippen molar-refractivity contribution in [2.75, 3.05) is 58.9 Å². The number of hydrogen-bond acceptors (Lipinski definition) is 5. The Morgan fingerprint density at radius 2 is 1.32 bits per heavy atom. The molecule has 1 heterocycles. The van der Waals surface area contributed by atoms with E-state index in [9.17, 15) is 9.59 Å². The number of ketones is 1. The van der Waals surface area contributed by atoms with E-state index in [0.29, 0.717) is 13.1 Å². The van der Waals surface area contributed by atoms with E-state index in [0.717, 1.165) is 39.3 Å². The SMILES string of the molecule is CCN1CCN(CC(C)=O)CCN(CC(=O)O)CC1. The molecule has 6 heteroatoms. The molecule has 19 heavy (non-hydrogen) atoms. The molecule has 0 aromatic rings. The molecule has 0 atom stereocenters. The summed E-state index contributed by atoms with van der Waals surface area (Å²) in [4.78, 5) is 28.4. The summed E-state index contributed by atoms with van der Waals surface area (Å²) in [5.41, 5.74) is 0. The maximum absolute atomic E-state index is 11.2. The average Bonchev–Trinajstić information content (AvgIpc) is 2.41. The van der Waals surface area contributed by atoms with Crippen LogP contribution < -0.4 is 0 Å². The van der Waals surface area contributed by atoms with Crippen molar-refractivity contribution in [3.63, 3.8) is 0 Å². The van der Waals surface area contributed by atoms with Crippen LogP contribution in [0.15, 0.2) is 0 Å². The van der Waals surface area contributed by atoms with Gasteiger partial charge in [-0.3, -0.25) is 19.4 Å². The van der Waals surface area contributed by atoms with Crippen LogP contribution in [-0.4, -0.2) is 90.5 Å². The summed E-state index contributed by atoms with van der Waals surface area (Å²) in [7, 11) is 0. The van der Waals surface area contributed by atoms with Gasteiger partial charge in [0.2, 0.25) is 0 Å². The molecule has 0 radical (unpaired) electrons. The topological polar surface area (TPSA) is 64.1 Å². The van der Waals surface area contributed by atoms with Gasteiger partial charge in [-0.25, -0.2) is 0 Å². The van der Waals surface area contributed by atoms with Crippen LogP contribution in [-0.2, 0) is 9.59 Å². The number of carboxylic acids is 1. The maximum atomic E-state index is 11.2. The first-order valence-electron chi connectivity index (χ1n) is 6.89. The van der Waals surface area contributed by atoms with Crippen molar-refractivity contribution in [3.8, 4) is 0 Å². The number of carbonyl (C=O) groups is 2. The first-order valence-corrected chi connectivity index (χ1v) is 6.89. The summed E-state index contributed by atoms with van der Waals surface area (Å²) in [5.74, 6) is -0.632. The van der Waals surface area contributed by atoms with E-state index >= 15 is 0 Å². The Morgan fingerprint density at radius 3 is 1.68 bits per heavy atom. The third-order valence-corrected chi connectivity index (χ3v) is 3.45. The molecule has 0 unspecified atom stereocenters. The molecule has 1 N–H and O–H groups in total. The van der Waals surface area contributed by atoms with Crippen LogP contribution in [0.1, 0.15) is 13.8 Å². The zero-order chi connectivity index (χ0) is 14.3. The number of rotatable bonds is 5. The second kappa shape index (κ2) is 8.24. The van der Waals surface area contributed by atoms with Crippen molar-refractivity contribution in [2.24, 2.45) is 0 Å². The molecule has 1 aliphatic rings. The number of aliphatic carboxylic acids is 1. The van der Waals surface area contributed by atoms with Gasteiger partial charge in [0.1, 0.15) is 5.78 Å². The molecule has 0 saturated carbocycles. The monoisotopic (exact) mass is 271 g/mol. The van der Waals surface area contributed by atoms with Crippen LogP contribution in [0.2, 0.25) is 0 Å². The van der Waals surface area contributed by atoms with Gasteiger partial charge in [0.15, 0.2) is 0 Å². The lowest BCUT2D eigenvalue weighted by Gasteiger charge is -2.23. The van der Waals surface area contributed by atoms with Gasteiger partial charge in [0, 0.05) is 39.3 Å². The molecule has 0 aromatic heterocycles. The van der Waals surface area contributed by atoms with Crippen LogP contribution in [0, 0.1) is 0 Å².